The molecule has 1 unspecified atom stereocenters. The first-order valence-corrected chi connectivity index (χ1v) is 11.4. The number of aromatic nitrogens is 1. The number of esters is 1. The number of ketones is 1. The fourth-order valence-electron chi connectivity index (χ4n) is 4.15. The van der Waals surface area contributed by atoms with E-state index in [-0.39, 0.29) is 17.4 Å². The van der Waals surface area contributed by atoms with Crippen LogP contribution in [0, 0.1) is 6.92 Å². The number of Topliss-reactive ketones (excluding diaryl/α,β-unsaturated/α-hetero) is 1. The minimum absolute atomic E-state index is 0.0709. The van der Waals surface area contributed by atoms with Gasteiger partial charge in [0.15, 0.2) is 0 Å². The second-order valence-corrected chi connectivity index (χ2v) is 8.65. The van der Waals surface area contributed by atoms with Crippen LogP contribution in [0.25, 0.3) is 5.76 Å². The molecule has 0 spiro atoms. The van der Waals surface area contributed by atoms with E-state index >= 15 is 0 Å². The number of methoxy groups -OCH3 is 1. The van der Waals surface area contributed by atoms with Gasteiger partial charge in [0, 0.05) is 18.1 Å². The minimum Gasteiger partial charge on any atom is -0.507 e. The Morgan fingerprint density at radius 2 is 1.69 bits per heavy atom. The molecule has 1 atom stereocenters. The average Bonchev–Trinajstić information content (AvgIpc) is 3.14. The van der Waals surface area contributed by atoms with Crippen LogP contribution in [-0.4, -0.2) is 41.0 Å². The van der Waals surface area contributed by atoms with Gasteiger partial charge >= 0.3 is 5.97 Å². The first-order chi connectivity index (χ1) is 17.2. The van der Waals surface area contributed by atoms with Gasteiger partial charge < -0.3 is 14.6 Å². The summed E-state index contributed by atoms with van der Waals surface area (Å²) in [5.74, 6) is -2.10. The van der Waals surface area contributed by atoms with Gasteiger partial charge in [-0.15, -0.1) is 0 Å². The third-order valence-corrected chi connectivity index (χ3v) is 5.80. The van der Waals surface area contributed by atoms with Crippen LogP contribution < -0.4 is 9.64 Å². The maximum Gasteiger partial charge on any atom is 0.338 e. The van der Waals surface area contributed by atoms with Crippen molar-refractivity contribution in [1.82, 2.24) is 4.98 Å². The Morgan fingerprint density at radius 1 is 1.03 bits per heavy atom. The molecule has 36 heavy (non-hydrogen) atoms. The summed E-state index contributed by atoms with van der Waals surface area (Å²) < 4.78 is 10.6. The van der Waals surface area contributed by atoms with Gasteiger partial charge in [0.05, 0.1) is 36.0 Å². The maximum atomic E-state index is 13.3. The summed E-state index contributed by atoms with van der Waals surface area (Å²) in [4.78, 5) is 44.2. The Morgan fingerprint density at radius 3 is 2.31 bits per heavy atom. The van der Waals surface area contributed by atoms with Gasteiger partial charge in [0.1, 0.15) is 11.5 Å². The van der Waals surface area contributed by atoms with E-state index in [4.69, 9.17) is 9.47 Å². The third-order valence-electron chi connectivity index (χ3n) is 5.80. The van der Waals surface area contributed by atoms with Crippen molar-refractivity contribution < 1.29 is 29.0 Å². The molecule has 0 aliphatic carbocycles. The summed E-state index contributed by atoms with van der Waals surface area (Å²) in [6, 6.07) is 13.9. The van der Waals surface area contributed by atoms with E-state index < -0.39 is 23.7 Å². The highest BCUT2D eigenvalue weighted by molar-refractivity contribution is 6.51. The molecule has 0 saturated carbocycles. The van der Waals surface area contributed by atoms with Crippen molar-refractivity contribution in [3.63, 3.8) is 0 Å². The molecule has 2 heterocycles. The molecule has 8 heteroatoms. The topological polar surface area (TPSA) is 106 Å². The number of carbonyl (C=O) groups is 3. The first kappa shape index (κ1) is 24.7. The lowest BCUT2D eigenvalue weighted by Gasteiger charge is -2.25. The molecule has 4 rings (SSSR count). The molecule has 1 amide bonds. The van der Waals surface area contributed by atoms with Crippen LogP contribution in [0.4, 0.5) is 5.69 Å². The highest BCUT2D eigenvalue weighted by Gasteiger charge is 2.47. The zero-order valence-corrected chi connectivity index (χ0v) is 20.4. The zero-order valence-electron chi connectivity index (χ0n) is 20.4. The van der Waals surface area contributed by atoms with Crippen LogP contribution >= 0.6 is 0 Å². The summed E-state index contributed by atoms with van der Waals surface area (Å²) in [6.07, 6.45) is 2.82. The van der Waals surface area contributed by atoms with E-state index in [1.54, 1.807) is 62.6 Å². The lowest BCUT2D eigenvalue weighted by atomic mass is 9.95. The number of aliphatic hydroxyl groups excluding tert-OH is 1. The molecule has 1 aromatic heterocycles. The average molecular weight is 487 g/mol. The molecule has 0 radical (unpaired) electrons. The fourth-order valence-corrected chi connectivity index (χ4v) is 4.15. The van der Waals surface area contributed by atoms with Crippen molar-refractivity contribution >= 4 is 29.1 Å². The second kappa shape index (κ2) is 10.0. The summed E-state index contributed by atoms with van der Waals surface area (Å²) >= 11 is 0. The van der Waals surface area contributed by atoms with E-state index in [0.29, 0.717) is 28.1 Å². The van der Waals surface area contributed by atoms with Gasteiger partial charge in [0.2, 0.25) is 0 Å². The van der Waals surface area contributed by atoms with Crippen molar-refractivity contribution in [2.45, 2.75) is 32.9 Å². The van der Waals surface area contributed by atoms with Gasteiger partial charge in [-0.25, -0.2) is 4.79 Å². The monoisotopic (exact) mass is 486 g/mol. The number of nitrogens with zero attached hydrogens (tertiary/aromatic N) is 2. The van der Waals surface area contributed by atoms with Crippen LogP contribution in [0.5, 0.6) is 5.75 Å². The quantitative estimate of drug-likeness (QED) is 0.235. The molecule has 1 aliphatic rings. The van der Waals surface area contributed by atoms with Gasteiger partial charge in [0.25, 0.3) is 11.7 Å². The molecule has 1 saturated heterocycles. The van der Waals surface area contributed by atoms with Crippen LogP contribution in [0.3, 0.4) is 0 Å². The van der Waals surface area contributed by atoms with E-state index in [2.05, 4.69) is 4.98 Å². The van der Waals surface area contributed by atoms with Crippen LogP contribution in [0.15, 0.2) is 72.6 Å². The highest BCUT2D eigenvalue weighted by Crippen LogP contribution is 2.43. The van der Waals surface area contributed by atoms with Crippen molar-refractivity contribution in [2.75, 3.05) is 12.0 Å². The molecule has 184 valence electrons. The number of aliphatic hydroxyl groups is 1. The number of benzene rings is 2. The Kier molecular flexibility index (Phi) is 6.87. The van der Waals surface area contributed by atoms with Crippen molar-refractivity contribution in [3.8, 4) is 5.75 Å². The standard InChI is InChI=1S/C28H26N2O6/c1-16(2)36-28(34)19-6-8-20(9-7-19)30-24(18-11-13-29-14-12-18)23(26(32)27(30)33)25(31)21-15-17(3)5-10-22(21)35-4/h5-16,24,31H,1-4H3/b25-23+. The number of hydrogen-bond donors (Lipinski definition) is 1. The van der Waals surface area contributed by atoms with Crippen LogP contribution in [-0.2, 0) is 14.3 Å². The summed E-state index contributed by atoms with van der Waals surface area (Å²) in [5.41, 5.74) is 2.36. The lowest BCUT2D eigenvalue weighted by molar-refractivity contribution is -0.132. The molecule has 0 bridgehead atoms. The predicted octanol–water partition coefficient (Wildman–Crippen LogP) is 4.59. The van der Waals surface area contributed by atoms with Gasteiger partial charge in [-0.1, -0.05) is 11.6 Å². The minimum atomic E-state index is -0.924. The number of ether oxygens (including phenoxy) is 2. The van der Waals surface area contributed by atoms with Gasteiger partial charge in [-0.2, -0.15) is 0 Å². The van der Waals surface area contributed by atoms with Crippen LogP contribution in [0.2, 0.25) is 0 Å². The number of hydrogen-bond acceptors (Lipinski definition) is 7. The fraction of sp³-hybridized carbons (Fsp3) is 0.214. The first-order valence-electron chi connectivity index (χ1n) is 11.4. The van der Waals surface area contributed by atoms with Crippen molar-refractivity contribution in [3.05, 3.63) is 94.8 Å². The summed E-state index contributed by atoms with van der Waals surface area (Å²) in [7, 11) is 1.46. The molecular formula is C28H26N2O6. The zero-order chi connectivity index (χ0) is 26.0. The Bertz CT molecular complexity index is 1350. The number of aryl methyl sites for hydroxylation is 1. The number of rotatable bonds is 6. The number of anilines is 1. The highest BCUT2D eigenvalue weighted by atomic mass is 16.5. The summed E-state index contributed by atoms with van der Waals surface area (Å²) in [5, 5.41) is 11.4. The van der Waals surface area contributed by atoms with Gasteiger partial charge in [-0.05, 0) is 74.9 Å². The normalized spacial score (nSPS) is 16.9. The van der Waals surface area contributed by atoms with E-state index in [1.165, 1.54) is 24.1 Å². The maximum absolute atomic E-state index is 13.3. The molecular weight excluding hydrogens is 460 g/mol. The van der Waals surface area contributed by atoms with E-state index in [9.17, 15) is 19.5 Å². The summed E-state index contributed by atoms with van der Waals surface area (Å²) in [6.45, 7) is 5.36. The SMILES string of the molecule is COc1ccc(C)cc1/C(O)=C1\C(=O)C(=O)N(c2ccc(C(=O)OC(C)C)cc2)C1c1ccncc1. The van der Waals surface area contributed by atoms with E-state index in [0.717, 1.165) is 5.56 Å². The Hall–Kier alpha value is -4.46. The van der Waals surface area contributed by atoms with Gasteiger partial charge in [-0.3, -0.25) is 19.5 Å². The van der Waals surface area contributed by atoms with E-state index in [1.807, 2.05) is 13.0 Å². The lowest BCUT2D eigenvalue weighted by Crippen LogP contribution is -2.29. The molecule has 2 aromatic carbocycles. The van der Waals surface area contributed by atoms with Crippen molar-refractivity contribution in [2.24, 2.45) is 0 Å². The molecule has 1 fully saturated rings. The second-order valence-electron chi connectivity index (χ2n) is 8.65. The molecule has 8 nitrogen and oxygen atoms in total. The Balaban J connectivity index is 1.86. The number of carbonyl (C=O) groups excluding carboxylic acids is 3. The largest absolute Gasteiger partial charge is 0.507 e. The molecule has 3 aromatic rings. The smallest absolute Gasteiger partial charge is 0.338 e. The predicted molar refractivity (Wildman–Crippen MR) is 134 cm³/mol. The third kappa shape index (κ3) is 4.57. The van der Waals surface area contributed by atoms with Crippen molar-refractivity contribution in [1.29, 1.82) is 0 Å². The van der Waals surface area contributed by atoms with Crippen LogP contribution in [0.1, 0.15) is 46.9 Å². The number of amides is 1. The molecule has 1 aliphatic heterocycles. The molecule has 1 N–H and O–H groups in total. The Labute approximate surface area is 208 Å². The number of pyridine rings is 1.